The highest BCUT2D eigenvalue weighted by Crippen LogP contribution is 2.38. The maximum Gasteiger partial charge on any atom is 0.301 e. The highest BCUT2D eigenvalue weighted by Gasteiger charge is 2.32. The zero-order chi connectivity index (χ0) is 25.7. The fourth-order valence-corrected chi connectivity index (χ4v) is 5.70. The number of alkyl halides is 1. The molecule has 0 radical (unpaired) electrons. The van der Waals surface area contributed by atoms with Crippen LogP contribution in [0.25, 0.3) is 22.2 Å². The molecule has 12 heteroatoms. The van der Waals surface area contributed by atoms with Gasteiger partial charge in [-0.25, -0.2) is 23.7 Å². The minimum atomic E-state index is -4.18. The fourth-order valence-electron chi connectivity index (χ4n) is 4.43. The molecule has 2 N–H and O–H groups in total. The molecule has 0 amide bonds. The first-order valence-electron chi connectivity index (χ1n) is 11.8. The molecule has 1 saturated heterocycles. The molecule has 1 unspecified atom stereocenters. The molecule has 0 spiro atoms. The largest absolute Gasteiger partial charge is 0.345 e. The first-order valence-corrected chi connectivity index (χ1v) is 13.3. The van der Waals surface area contributed by atoms with Crippen LogP contribution in [0.5, 0.6) is 0 Å². The molecule has 4 aromatic rings. The molecule has 2 fully saturated rings. The summed E-state index contributed by atoms with van der Waals surface area (Å²) in [6, 6.07) is 5.64. The molecule has 9 nitrogen and oxygen atoms in total. The second kappa shape index (κ2) is 8.96. The van der Waals surface area contributed by atoms with Crippen molar-refractivity contribution >= 4 is 32.7 Å². The van der Waals surface area contributed by atoms with Gasteiger partial charge in [-0.15, -0.1) is 0 Å². The van der Waals surface area contributed by atoms with E-state index in [4.69, 9.17) is 0 Å². The van der Waals surface area contributed by atoms with Crippen LogP contribution in [0.15, 0.2) is 49.1 Å². The Morgan fingerprint density at radius 3 is 2.51 bits per heavy atom. The minimum absolute atomic E-state index is 0.00421. The second-order valence-corrected chi connectivity index (χ2v) is 10.9. The zero-order valence-corrected chi connectivity index (χ0v) is 20.3. The number of fused-ring (bicyclic) bond motifs is 1. The Kier molecular flexibility index (Phi) is 5.72. The average Bonchev–Trinajstić information content (AvgIpc) is 3.51. The lowest BCUT2D eigenvalue weighted by atomic mass is 10.0. The Labute approximate surface area is 211 Å². The number of hydrogen-bond donors (Lipinski definition) is 2. The van der Waals surface area contributed by atoms with Crippen molar-refractivity contribution < 1.29 is 22.0 Å². The summed E-state index contributed by atoms with van der Waals surface area (Å²) in [5.41, 5.74) is 1.35. The number of halogens is 2. The van der Waals surface area contributed by atoms with Crippen molar-refractivity contribution in [3.63, 3.8) is 0 Å². The van der Waals surface area contributed by atoms with Gasteiger partial charge in [-0.3, -0.25) is 9.52 Å². The maximum atomic E-state index is 15.4. The van der Waals surface area contributed by atoms with Crippen LogP contribution >= 0.6 is 0 Å². The third-order valence-electron chi connectivity index (χ3n) is 6.64. The summed E-state index contributed by atoms with van der Waals surface area (Å²) in [5, 5.41) is 0.477. The van der Waals surface area contributed by atoms with Crippen LogP contribution < -0.4 is 4.72 Å². The fraction of sp³-hybridized carbons (Fsp3) is 0.280. The smallest absolute Gasteiger partial charge is 0.301 e. The van der Waals surface area contributed by atoms with Crippen LogP contribution in [0, 0.1) is 5.82 Å². The summed E-state index contributed by atoms with van der Waals surface area (Å²) in [5.74, 6) is -0.422. The predicted molar refractivity (Wildman–Crippen MR) is 133 cm³/mol. The topological polar surface area (TPSA) is 121 Å². The van der Waals surface area contributed by atoms with Crippen LogP contribution in [-0.2, 0) is 10.2 Å². The molecule has 190 valence electrons. The highest BCUT2D eigenvalue weighted by molar-refractivity contribution is 7.90. The van der Waals surface area contributed by atoms with Crippen molar-refractivity contribution in [2.75, 3.05) is 17.8 Å². The van der Waals surface area contributed by atoms with E-state index in [2.05, 4.69) is 24.7 Å². The molecule has 1 aromatic carbocycles. The van der Waals surface area contributed by atoms with E-state index < -0.39 is 28.0 Å². The summed E-state index contributed by atoms with van der Waals surface area (Å²) in [4.78, 5) is 29.5. The van der Waals surface area contributed by atoms with Gasteiger partial charge in [0, 0.05) is 65.9 Å². The third-order valence-corrected chi connectivity index (χ3v) is 8.13. The van der Waals surface area contributed by atoms with E-state index in [1.54, 1.807) is 24.7 Å². The number of carbonyl (C=O) groups excluding carboxylic acids is 1. The van der Waals surface area contributed by atoms with Crippen molar-refractivity contribution in [3.8, 4) is 11.1 Å². The van der Waals surface area contributed by atoms with Crippen LogP contribution in [0.2, 0.25) is 0 Å². The molecule has 37 heavy (non-hydrogen) atoms. The van der Waals surface area contributed by atoms with Crippen LogP contribution in [0.4, 0.5) is 14.5 Å². The number of carbonyl (C=O) groups is 1. The molecule has 1 atom stereocenters. The van der Waals surface area contributed by atoms with Crippen LogP contribution in [-0.4, -0.2) is 57.7 Å². The predicted octanol–water partition coefficient (Wildman–Crippen LogP) is 3.97. The van der Waals surface area contributed by atoms with Gasteiger partial charge in [0.15, 0.2) is 11.6 Å². The van der Waals surface area contributed by atoms with Crippen molar-refractivity contribution in [2.45, 2.75) is 31.4 Å². The third kappa shape index (κ3) is 4.46. The Balaban J connectivity index is 1.30. The number of nitrogens with one attached hydrogen (secondary N) is 2. The van der Waals surface area contributed by atoms with Gasteiger partial charge in [0.1, 0.15) is 17.6 Å². The SMILES string of the molecule is O=C(c1cccc(NS(=O)(=O)N2CCC(F)C2)c1F)c1c[nH]c2ncc(-c3cnc(C4CC4)nc3)cc12. The number of rotatable bonds is 7. The number of pyridine rings is 1. The monoisotopic (exact) mass is 524 g/mol. The summed E-state index contributed by atoms with van der Waals surface area (Å²) >= 11 is 0. The van der Waals surface area contributed by atoms with Crippen molar-refractivity contribution in [1.82, 2.24) is 24.2 Å². The number of benzene rings is 1. The van der Waals surface area contributed by atoms with E-state index in [0.717, 1.165) is 28.5 Å². The van der Waals surface area contributed by atoms with Gasteiger partial charge in [-0.1, -0.05) is 6.07 Å². The molecule has 6 rings (SSSR count). The molecular formula is C25H22F2N6O3S. The van der Waals surface area contributed by atoms with Gasteiger partial charge < -0.3 is 4.98 Å². The van der Waals surface area contributed by atoms with E-state index >= 15 is 4.39 Å². The lowest BCUT2D eigenvalue weighted by Gasteiger charge is -2.17. The Morgan fingerprint density at radius 2 is 1.81 bits per heavy atom. The van der Waals surface area contributed by atoms with E-state index in [0.29, 0.717) is 22.5 Å². The summed E-state index contributed by atoms with van der Waals surface area (Å²) in [6.07, 6.45) is 7.52. The van der Waals surface area contributed by atoms with Gasteiger partial charge in [0.05, 0.1) is 11.3 Å². The van der Waals surface area contributed by atoms with Gasteiger partial charge in [0.25, 0.3) is 0 Å². The number of aromatic amines is 1. The molecule has 2 aliphatic rings. The van der Waals surface area contributed by atoms with E-state index in [-0.39, 0.29) is 36.3 Å². The van der Waals surface area contributed by atoms with Gasteiger partial charge in [0.2, 0.25) is 0 Å². The number of ketones is 1. The average molecular weight is 525 g/mol. The molecular weight excluding hydrogens is 502 g/mol. The Bertz CT molecular complexity index is 1620. The number of H-pyrrole nitrogens is 1. The lowest BCUT2D eigenvalue weighted by molar-refractivity contribution is 0.103. The first kappa shape index (κ1) is 23.6. The van der Waals surface area contributed by atoms with Crippen molar-refractivity contribution in [3.05, 3.63) is 71.8 Å². The molecule has 1 saturated carbocycles. The molecule has 0 bridgehead atoms. The first-order chi connectivity index (χ1) is 17.8. The maximum absolute atomic E-state index is 15.4. The summed E-state index contributed by atoms with van der Waals surface area (Å²) in [6.45, 7) is -0.301. The molecule has 1 aliphatic carbocycles. The normalized spacial score (nSPS) is 18.4. The van der Waals surface area contributed by atoms with Crippen molar-refractivity contribution in [2.24, 2.45) is 0 Å². The highest BCUT2D eigenvalue weighted by atomic mass is 32.2. The van der Waals surface area contributed by atoms with Gasteiger partial charge >= 0.3 is 10.2 Å². The van der Waals surface area contributed by atoms with Crippen molar-refractivity contribution in [1.29, 1.82) is 0 Å². The second-order valence-electron chi connectivity index (χ2n) is 9.27. The number of anilines is 1. The number of hydrogen-bond acceptors (Lipinski definition) is 6. The van der Waals surface area contributed by atoms with Crippen LogP contribution in [0.3, 0.4) is 0 Å². The van der Waals surface area contributed by atoms with Gasteiger partial charge in [-0.05, 0) is 37.5 Å². The summed E-state index contributed by atoms with van der Waals surface area (Å²) < 4.78 is 57.1. The standard InChI is InChI=1S/C25H22F2N6O3S/c26-17-6-7-33(13-17)37(35,36)32-21-3-1-2-18(22(21)27)23(34)20-12-31-25-19(20)8-15(9-30-25)16-10-28-24(29-11-16)14-4-5-14/h1-3,8-12,14,17,32H,4-7,13H2,(H,30,31). The Hall–Kier alpha value is -3.77. The van der Waals surface area contributed by atoms with E-state index in [1.807, 2.05) is 0 Å². The summed E-state index contributed by atoms with van der Waals surface area (Å²) in [7, 11) is -4.18. The number of nitrogens with zero attached hydrogens (tertiary/aromatic N) is 4. The minimum Gasteiger partial charge on any atom is -0.345 e. The van der Waals surface area contributed by atoms with E-state index in [1.165, 1.54) is 24.4 Å². The quantitative estimate of drug-likeness (QED) is 0.353. The lowest BCUT2D eigenvalue weighted by Crippen LogP contribution is -2.34. The van der Waals surface area contributed by atoms with Gasteiger partial charge in [-0.2, -0.15) is 12.7 Å². The van der Waals surface area contributed by atoms with Crippen LogP contribution in [0.1, 0.15) is 46.9 Å². The van der Waals surface area contributed by atoms with E-state index in [9.17, 15) is 17.6 Å². The molecule has 3 aromatic heterocycles. The molecule has 4 heterocycles. The Morgan fingerprint density at radius 1 is 1.05 bits per heavy atom. The zero-order valence-electron chi connectivity index (χ0n) is 19.5. The molecule has 1 aliphatic heterocycles. The number of aromatic nitrogens is 4.